The first kappa shape index (κ1) is 16.5. The number of aldehydes is 1. The molecule has 0 amide bonds. The SMILES string of the molecule is N#CCCc1ccc2c(NCc3ccccc3)c(C=O)c(=O)oc2c1. The lowest BCUT2D eigenvalue weighted by Gasteiger charge is -2.12. The zero-order valence-electron chi connectivity index (χ0n) is 13.5. The van der Waals surface area contributed by atoms with Gasteiger partial charge in [0.15, 0.2) is 6.29 Å². The minimum atomic E-state index is -0.671. The second kappa shape index (κ2) is 7.45. The molecule has 1 heterocycles. The number of nitrogens with zero attached hydrogens (tertiary/aromatic N) is 1. The van der Waals surface area contributed by atoms with E-state index < -0.39 is 5.63 Å². The average Bonchev–Trinajstić information content (AvgIpc) is 2.64. The van der Waals surface area contributed by atoms with Gasteiger partial charge in [-0.15, -0.1) is 0 Å². The average molecular weight is 332 g/mol. The molecule has 0 bridgehead atoms. The molecule has 0 atom stereocenters. The number of aryl methyl sites for hydroxylation is 1. The smallest absolute Gasteiger partial charge is 0.349 e. The van der Waals surface area contributed by atoms with E-state index in [-0.39, 0.29) is 5.56 Å². The summed E-state index contributed by atoms with van der Waals surface area (Å²) < 4.78 is 5.29. The summed E-state index contributed by atoms with van der Waals surface area (Å²) in [7, 11) is 0. The maximum atomic E-state index is 12.1. The number of carbonyl (C=O) groups is 1. The van der Waals surface area contributed by atoms with E-state index in [0.29, 0.717) is 42.3 Å². The fourth-order valence-electron chi connectivity index (χ4n) is 2.70. The predicted octanol–water partition coefficient (Wildman–Crippen LogP) is 3.67. The summed E-state index contributed by atoms with van der Waals surface area (Å²) in [4.78, 5) is 23.5. The van der Waals surface area contributed by atoms with E-state index in [1.807, 2.05) is 42.5 Å². The number of nitriles is 1. The van der Waals surface area contributed by atoms with Crippen molar-refractivity contribution in [2.24, 2.45) is 0 Å². The van der Waals surface area contributed by atoms with Gasteiger partial charge in [-0.25, -0.2) is 4.79 Å². The monoisotopic (exact) mass is 332 g/mol. The first-order valence-corrected chi connectivity index (χ1v) is 7.92. The molecule has 25 heavy (non-hydrogen) atoms. The van der Waals surface area contributed by atoms with Gasteiger partial charge in [-0.1, -0.05) is 36.4 Å². The van der Waals surface area contributed by atoms with Crippen LogP contribution in [0.3, 0.4) is 0 Å². The van der Waals surface area contributed by atoms with Crippen LogP contribution in [0.4, 0.5) is 5.69 Å². The van der Waals surface area contributed by atoms with Crippen molar-refractivity contribution < 1.29 is 9.21 Å². The van der Waals surface area contributed by atoms with Crippen LogP contribution in [0.2, 0.25) is 0 Å². The lowest BCUT2D eigenvalue weighted by molar-refractivity contribution is 0.112. The summed E-state index contributed by atoms with van der Waals surface area (Å²) in [5.74, 6) is 0. The highest BCUT2D eigenvalue weighted by Gasteiger charge is 2.14. The summed E-state index contributed by atoms with van der Waals surface area (Å²) in [6.07, 6.45) is 1.49. The minimum Gasteiger partial charge on any atom is -0.422 e. The molecule has 0 aliphatic carbocycles. The number of nitrogens with one attached hydrogen (secondary N) is 1. The molecule has 5 heteroatoms. The second-order valence-corrected chi connectivity index (χ2v) is 5.62. The van der Waals surface area contributed by atoms with Crippen molar-refractivity contribution in [3.8, 4) is 6.07 Å². The van der Waals surface area contributed by atoms with Crippen molar-refractivity contribution in [3.63, 3.8) is 0 Å². The molecular formula is C20H16N2O3. The van der Waals surface area contributed by atoms with Gasteiger partial charge in [-0.3, -0.25) is 4.79 Å². The van der Waals surface area contributed by atoms with Crippen molar-refractivity contribution in [1.82, 2.24) is 0 Å². The zero-order chi connectivity index (χ0) is 17.6. The third-order valence-corrected chi connectivity index (χ3v) is 3.96. The maximum absolute atomic E-state index is 12.1. The summed E-state index contributed by atoms with van der Waals surface area (Å²) in [6.45, 7) is 0.483. The molecule has 0 aliphatic heterocycles. The molecule has 3 rings (SSSR count). The van der Waals surface area contributed by atoms with Gasteiger partial charge in [-0.2, -0.15) is 5.26 Å². The molecule has 0 spiro atoms. The predicted molar refractivity (Wildman–Crippen MR) is 95.6 cm³/mol. The Labute approximate surface area is 144 Å². The minimum absolute atomic E-state index is 0.0202. The Morgan fingerprint density at radius 1 is 1.12 bits per heavy atom. The first-order valence-electron chi connectivity index (χ1n) is 7.92. The topological polar surface area (TPSA) is 83.1 Å². The Morgan fingerprint density at radius 3 is 2.64 bits per heavy atom. The van der Waals surface area contributed by atoms with Gasteiger partial charge in [0.1, 0.15) is 11.1 Å². The Hall–Kier alpha value is -3.39. The summed E-state index contributed by atoms with van der Waals surface area (Å²) in [5.41, 5.74) is 2.12. The van der Waals surface area contributed by atoms with Gasteiger partial charge in [0.25, 0.3) is 0 Å². The molecule has 124 valence electrons. The van der Waals surface area contributed by atoms with Crippen molar-refractivity contribution in [3.05, 3.63) is 75.6 Å². The lowest BCUT2D eigenvalue weighted by atomic mass is 10.1. The van der Waals surface area contributed by atoms with Gasteiger partial charge >= 0.3 is 5.63 Å². The standard InChI is InChI=1S/C20H16N2O3/c21-10-4-7-14-8-9-16-18(11-14)25-20(24)17(13-23)19(16)22-12-15-5-2-1-3-6-15/h1-3,5-6,8-9,11,13,22H,4,7,12H2. The van der Waals surface area contributed by atoms with Crippen LogP contribution in [-0.4, -0.2) is 6.29 Å². The Morgan fingerprint density at radius 2 is 1.92 bits per heavy atom. The number of fused-ring (bicyclic) bond motifs is 1. The van der Waals surface area contributed by atoms with Crippen molar-refractivity contribution in [1.29, 1.82) is 5.26 Å². The molecule has 0 fully saturated rings. The fraction of sp³-hybridized carbons (Fsp3) is 0.150. The Kier molecular flexibility index (Phi) is 4.91. The van der Waals surface area contributed by atoms with E-state index >= 15 is 0 Å². The molecule has 3 aromatic rings. The number of benzene rings is 2. The van der Waals surface area contributed by atoms with E-state index in [0.717, 1.165) is 11.1 Å². The van der Waals surface area contributed by atoms with Crippen LogP contribution < -0.4 is 10.9 Å². The van der Waals surface area contributed by atoms with E-state index in [9.17, 15) is 9.59 Å². The number of carbonyl (C=O) groups excluding carboxylic acids is 1. The summed E-state index contributed by atoms with van der Waals surface area (Å²) in [6, 6.07) is 17.2. The van der Waals surface area contributed by atoms with Crippen LogP contribution in [-0.2, 0) is 13.0 Å². The normalized spacial score (nSPS) is 10.4. The molecule has 5 nitrogen and oxygen atoms in total. The molecule has 2 aromatic carbocycles. The largest absolute Gasteiger partial charge is 0.422 e. The zero-order valence-corrected chi connectivity index (χ0v) is 13.5. The first-order chi connectivity index (χ1) is 12.2. The Balaban J connectivity index is 2.03. The van der Waals surface area contributed by atoms with Crippen LogP contribution in [0.15, 0.2) is 57.7 Å². The second-order valence-electron chi connectivity index (χ2n) is 5.62. The fourth-order valence-corrected chi connectivity index (χ4v) is 2.70. The van der Waals surface area contributed by atoms with Gasteiger partial charge < -0.3 is 9.73 Å². The summed E-state index contributed by atoms with van der Waals surface area (Å²) >= 11 is 0. The number of rotatable bonds is 6. The van der Waals surface area contributed by atoms with E-state index in [4.69, 9.17) is 9.68 Å². The van der Waals surface area contributed by atoms with Crippen molar-refractivity contribution in [2.45, 2.75) is 19.4 Å². The van der Waals surface area contributed by atoms with Gasteiger partial charge in [0.05, 0.1) is 11.8 Å². The molecule has 0 unspecified atom stereocenters. The van der Waals surface area contributed by atoms with Crippen molar-refractivity contribution in [2.75, 3.05) is 5.32 Å². The van der Waals surface area contributed by atoms with Gasteiger partial charge in [0, 0.05) is 18.4 Å². The lowest BCUT2D eigenvalue weighted by Crippen LogP contribution is -2.12. The molecule has 1 aromatic heterocycles. The van der Waals surface area contributed by atoms with Crippen LogP contribution in [0.5, 0.6) is 0 Å². The molecular weight excluding hydrogens is 316 g/mol. The van der Waals surface area contributed by atoms with Gasteiger partial charge in [0.2, 0.25) is 0 Å². The molecule has 0 saturated heterocycles. The Bertz CT molecular complexity index is 1000. The maximum Gasteiger partial charge on any atom is 0.349 e. The van der Waals surface area contributed by atoms with Crippen LogP contribution in [0.25, 0.3) is 11.0 Å². The summed E-state index contributed by atoms with van der Waals surface area (Å²) in [5, 5.41) is 12.6. The quantitative estimate of drug-likeness (QED) is 0.550. The van der Waals surface area contributed by atoms with E-state index in [2.05, 4.69) is 11.4 Å². The highest BCUT2D eigenvalue weighted by molar-refractivity contribution is 5.99. The molecule has 0 radical (unpaired) electrons. The highest BCUT2D eigenvalue weighted by Crippen LogP contribution is 2.26. The number of hydrogen-bond donors (Lipinski definition) is 1. The molecule has 0 saturated carbocycles. The van der Waals surface area contributed by atoms with Crippen LogP contribution in [0.1, 0.15) is 27.9 Å². The van der Waals surface area contributed by atoms with Crippen LogP contribution in [0, 0.1) is 11.3 Å². The van der Waals surface area contributed by atoms with Gasteiger partial charge in [-0.05, 0) is 29.7 Å². The van der Waals surface area contributed by atoms with E-state index in [1.54, 1.807) is 6.07 Å². The molecule has 0 aliphatic rings. The van der Waals surface area contributed by atoms with E-state index in [1.165, 1.54) is 0 Å². The number of hydrogen-bond acceptors (Lipinski definition) is 5. The molecule has 1 N–H and O–H groups in total. The van der Waals surface area contributed by atoms with Crippen molar-refractivity contribution >= 4 is 22.9 Å². The third kappa shape index (κ3) is 3.59. The number of anilines is 1. The van der Waals surface area contributed by atoms with Crippen LogP contribution >= 0.6 is 0 Å². The highest BCUT2D eigenvalue weighted by atomic mass is 16.4. The third-order valence-electron chi connectivity index (χ3n) is 3.96.